The van der Waals surface area contributed by atoms with E-state index in [4.69, 9.17) is 4.74 Å². The molecule has 2 atom stereocenters. The quantitative estimate of drug-likeness (QED) is 0.519. The number of hydrogen-bond donors (Lipinski definition) is 0. The van der Waals surface area contributed by atoms with Crippen molar-refractivity contribution in [2.75, 3.05) is 37.3 Å². The average molecular weight is 513 g/mol. The second kappa shape index (κ2) is 9.11. The fourth-order valence-corrected chi connectivity index (χ4v) is 6.74. The van der Waals surface area contributed by atoms with Crippen LogP contribution in [-0.2, 0) is 10.0 Å². The van der Waals surface area contributed by atoms with Crippen LogP contribution in [0.3, 0.4) is 0 Å². The lowest BCUT2D eigenvalue weighted by atomic mass is 9.85. The van der Waals surface area contributed by atoms with Crippen LogP contribution in [0, 0.1) is 11.7 Å². The molecule has 0 spiro atoms. The van der Waals surface area contributed by atoms with Crippen molar-refractivity contribution in [1.82, 2.24) is 23.8 Å². The van der Waals surface area contributed by atoms with Gasteiger partial charge in [0.25, 0.3) is 0 Å². The Kier molecular flexibility index (Phi) is 5.91. The van der Waals surface area contributed by atoms with Gasteiger partial charge in [-0.25, -0.2) is 27.8 Å². The topological polar surface area (TPSA) is 93.5 Å². The van der Waals surface area contributed by atoms with Gasteiger partial charge in [0.1, 0.15) is 11.9 Å². The first-order valence-corrected chi connectivity index (χ1v) is 14.2. The number of ether oxygens (including phenoxy) is 1. The predicted octanol–water partition coefficient (Wildman–Crippen LogP) is 3.10. The molecule has 3 aliphatic rings. The number of nitrogens with zero attached hydrogens (tertiary/aromatic N) is 6. The minimum Gasteiger partial charge on any atom is -0.486 e. The second-order valence-corrected chi connectivity index (χ2v) is 11.9. The Balaban J connectivity index is 1.10. The van der Waals surface area contributed by atoms with Crippen molar-refractivity contribution in [2.45, 2.75) is 37.8 Å². The molecule has 1 aromatic carbocycles. The van der Waals surface area contributed by atoms with Gasteiger partial charge in [0.05, 0.1) is 49.5 Å². The molecular weight excluding hydrogens is 483 g/mol. The third kappa shape index (κ3) is 4.24. The summed E-state index contributed by atoms with van der Waals surface area (Å²) in [6.45, 7) is 2.44. The van der Waals surface area contributed by atoms with Crippen LogP contribution in [0.25, 0.3) is 11.3 Å². The summed E-state index contributed by atoms with van der Waals surface area (Å²) < 4.78 is 48.1. The summed E-state index contributed by atoms with van der Waals surface area (Å²) in [5.74, 6) is 1.32. The Labute approximate surface area is 210 Å². The average Bonchev–Trinajstić information content (AvgIpc) is 3.46. The van der Waals surface area contributed by atoms with Gasteiger partial charge in [0, 0.05) is 30.8 Å². The lowest BCUT2D eigenvalue weighted by Crippen LogP contribution is -2.43. The summed E-state index contributed by atoms with van der Waals surface area (Å²) in [7, 11) is -3.23. The van der Waals surface area contributed by atoms with Gasteiger partial charge in [-0.15, -0.1) is 0 Å². The molecule has 0 N–H and O–H groups in total. The maximum absolute atomic E-state index is 14.9. The molecule has 6 rings (SSSR count). The first-order chi connectivity index (χ1) is 17.4. The van der Waals surface area contributed by atoms with Gasteiger partial charge < -0.3 is 14.2 Å². The third-order valence-electron chi connectivity index (χ3n) is 7.59. The molecule has 0 aliphatic carbocycles. The number of aromatic nitrogens is 4. The van der Waals surface area contributed by atoms with Crippen LogP contribution in [0.15, 0.2) is 43.1 Å². The molecule has 190 valence electrons. The number of halogens is 1. The zero-order valence-electron chi connectivity index (χ0n) is 20.1. The van der Waals surface area contributed by atoms with E-state index in [1.807, 2.05) is 18.6 Å². The summed E-state index contributed by atoms with van der Waals surface area (Å²) >= 11 is 0. The van der Waals surface area contributed by atoms with Gasteiger partial charge in [-0.1, -0.05) is 12.1 Å². The van der Waals surface area contributed by atoms with E-state index in [2.05, 4.69) is 24.4 Å². The first-order valence-electron chi connectivity index (χ1n) is 12.4. The molecule has 2 fully saturated rings. The number of rotatable bonds is 5. The molecule has 36 heavy (non-hydrogen) atoms. The minimum absolute atomic E-state index is 0.0421. The number of piperidine rings is 2. The first kappa shape index (κ1) is 23.4. The molecule has 9 nitrogen and oxygen atoms in total. The van der Waals surface area contributed by atoms with Crippen molar-refractivity contribution in [2.24, 2.45) is 5.92 Å². The van der Waals surface area contributed by atoms with Crippen molar-refractivity contribution in [1.29, 1.82) is 0 Å². The fourth-order valence-electron chi connectivity index (χ4n) is 5.84. The van der Waals surface area contributed by atoms with Crippen LogP contribution in [-0.4, -0.2) is 70.8 Å². The fraction of sp³-hybridized carbons (Fsp3) is 0.480. The minimum atomic E-state index is -3.23. The number of sulfonamides is 1. The smallest absolute Gasteiger partial charge is 0.225 e. The molecule has 3 aliphatic heterocycles. The number of anilines is 1. The number of imidazole rings is 1. The molecule has 0 bridgehead atoms. The summed E-state index contributed by atoms with van der Waals surface area (Å²) in [6, 6.07) is 5.24. The van der Waals surface area contributed by atoms with Crippen molar-refractivity contribution in [3.63, 3.8) is 0 Å². The standard InChI is InChI=1S/C25H29FN6O3S/c1-36(33,34)31-9-3-4-18(15-31)35-19-12-28-25(29-13-19)30-10-7-17(8-11-30)24-23-20(5-2-6-21(23)26)22-14-27-16-32(22)24/h2,5-6,12-14,16-18,24H,3-4,7-11,15H2,1H3. The molecule has 3 aromatic rings. The van der Waals surface area contributed by atoms with E-state index in [1.165, 1.54) is 10.6 Å². The zero-order valence-corrected chi connectivity index (χ0v) is 20.9. The van der Waals surface area contributed by atoms with Crippen LogP contribution in [0.2, 0.25) is 0 Å². The molecule has 5 heterocycles. The summed E-state index contributed by atoms with van der Waals surface area (Å²) in [5, 5.41) is 0. The Morgan fingerprint density at radius 2 is 1.83 bits per heavy atom. The van der Waals surface area contributed by atoms with E-state index in [9.17, 15) is 12.8 Å². The highest BCUT2D eigenvalue weighted by Gasteiger charge is 2.38. The molecule has 0 amide bonds. The van der Waals surface area contributed by atoms with Crippen LogP contribution < -0.4 is 9.64 Å². The van der Waals surface area contributed by atoms with Crippen molar-refractivity contribution < 1.29 is 17.5 Å². The van der Waals surface area contributed by atoms with Crippen LogP contribution >= 0.6 is 0 Å². The van der Waals surface area contributed by atoms with Gasteiger partial charge in [-0.3, -0.25) is 0 Å². The van der Waals surface area contributed by atoms with E-state index in [0.717, 1.165) is 55.6 Å². The van der Waals surface area contributed by atoms with E-state index >= 15 is 0 Å². The predicted molar refractivity (Wildman–Crippen MR) is 133 cm³/mol. The molecule has 0 radical (unpaired) electrons. The molecule has 2 aromatic heterocycles. The summed E-state index contributed by atoms with van der Waals surface area (Å²) in [6.07, 6.45) is 11.3. The third-order valence-corrected chi connectivity index (χ3v) is 8.86. The van der Waals surface area contributed by atoms with Crippen molar-refractivity contribution >= 4 is 16.0 Å². The largest absolute Gasteiger partial charge is 0.486 e. The maximum Gasteiger partial charge on any atom is 0.225 e. The molecule has 0 saturated carbocycles. The zero-order chi connectivity index (χ0) is 24.9. The SMILES string of the molecule is CS(=O)(=O)N1CCCC(Oc2cnc(N3CCC(C4c5c(F)cccc5-c5cncn54)CC3)nc2)C1. The summed E-state index contributed by atoms with van der Waals surface area (Å²) in [4.78, 5) is 15.5. The van der Waals surface area contributed by atoms with Crippen molar-refractivity contribution in [3.05, 3.63) is 54.5 Å². The van der Waals surface area contributed by atoms with Gasteiger partial charge in [-0.2, -0.15) is 4.31 Å². The normalized spacial score (nSPS) is 22.9. The maximum atomic E-state index is 14.9. The van der Waals surface area contributed by atoms with Gasteiger partial charge in [-0.05, 0) is 37.7 Å². The lowest BCUT2D eigenvalue weighted by molar-refractivity contribution is 0.129. The Bertz CT molecular complexity index is 1350. The number of benzene rings is 1. The highest BCUT2D eigenvalue weighted by Crippen LogP contribution is 2.46. The van der Waals surface area contributed by atoms with Crippen LogP contribution in [0.5, 0.6) is 5.75 Å². The van der Waals surface area contributed by atoms with Gasteiger partial charge in [0.2, 0.25) is 16.0 Å². The highest BCUT2D eigenvalue weighted by molar-refractivity contribution is 7.88. The monoisotopic (exact) mass is 512 g/mol. The van der Waals surface area contributed by atoms with Gasteiger partial charge >= 0.3 is 0 Å². The van der Waals surface area contributed by atoms with Crippen LogP contribution in [0.1, 0.15) is 37.3 Å². The molecule has 2 saturated heterocycles. The Morgan fingerprint density at radius 1 is 1.06 bits per heavy atom. The molecule has 2 unspecified atom stereocenters. The van der Waals surface area contributed by atoms with Gasteiger partial charge in [0.15, 0.2) is 5.75 Å². The number of hydrogen-bond acceptors (Lipinski definition) is 7. The van der Waals surface area contributed by atoms with E-state index < -0.39 is 10.0 Å². The van der Waals surface area contributed by atoms with E-state index in [0.29, 0.717) is 30.7 Å². The van der Waals surface area contributed by atoms with Crippen molar-refractivity contribution in [3.8, 4) is 17.0 Å². The summed E-state index contributed by atoms with van der Waals surface area (Å²) in [5.41, 5.74) is 2.70. The molecule has 11 heteroatoms. The highest BCUT2D eigenvalue weighted by atomic mass is 32.2. The molecular formula is C25H29FN6O3S. The Morgan fingerprint density at radius 3 is 2.58 bits per heavy atom. The number of fused-ring (bicyclic) bond motifs is 3. The lowest BCUT2D eigenvalue weighted by Gasteiger charge is -2.35. The Hall–Kier alpha value is -3.05. The van der Waals surface area contributed by atoms with E-state index in [1.54, 1.807) is 24.5 Å². The second-order valence-electron chi connectivity index (χ2n) is 9.88. The van der Waals surface area contributed by atoms with E-state index in [-0.39, 0.29) is 18.0 Å². The van der Waals surface area contributed by atoms with Crippen LogP contribution in [0.4, 0.5) is 10.3 Å².